The quantitative estimate of drug-likeness (QED) is 0.401. The maximum atomic E-state index is 13.6. The number of rotatable bonds is 6. The molecule has 6 rings (SSSR count). The molecule has 3 heterocycles. The lowest BCUT2D eigenvalue weighted by molar-refractivity contribution is -0.140. The molecule has 1 saturated heterocycles. The van der Waals surface area contributed by atoms with E-state index >= 15 is 0 Å². The number of amides is 3. The molecule has 44 heavy (non-hydrogen) atoms. The summed E-state index contributed by atoms with van der Waals surface area (Å²) in [5, 5.41) is 17.9. The number of benzene rings is 3. The van der Waals surface area contributed by atoms with Crippen LogP contribution in [0, 0.1) is 0 Å². The molecule has 3 atom stereocenters. The minimum atomic E-state index is -1.21. The largest absolute Gasteiger partial charge is 0.494 e. The molecule has 3 aliphatic heterocycles. The average Bonchev–Trinajstić information content (AvgIpc) is 3.05. The Hall–Kier alpha value is -4.21. The Bertz CT molecular complexity index is 1410. The third kappa shape index (κ3) is 7.84. The monoisotopic (exact) mass is 598 g/mol. The fourth-order valence-electron chi connectivity index (χ4n) is 5.85. The molecule has 9 heteroatoms. The summed E-state index contributed by atoms with van der Waals surface area (Å²) >= 11 is 0. The predicted molar refractivity (Wildman–Crippen MR) is 168 cm³/mol. The summed E-state index contributed by atoms with van der Waals surface area (Å²) in [5.41, 5.74) is 2.65. The average molecular weight is 599 g/mol. The molecule has 232 valence electrons. The van der Waals surface area contributed by atoms with Crippen LogP contribution < -0.4 is 15.4 Å². The first-order valence-electron chi connectivity index (χ1n) is 15.6. The smallest absolute Gasteiger partial charge is 0.253 e. The number of ether oxygens (including phenoxy) is 1. The van der Waals surface area contributed by atoms with Crippen molar-refractivity contribution in [3.63, 3.8) is 0 Å². The van der Waals surface area contributed by atoms with Gasteiger partial charge in [0.25, 0.3) is 11.8 Å². The number of carbonyl (C=O) groups is 3. The highest BCUT2D eigenvalue weighted by Crippen LogP contribution is 2.19. The van der Waals surface area contributed by atoms with Gasteiger partial charge in [0, 0.05) is 43.9 Å². The van der Waals surface area contributed by atoms with Crippen LogP contribution in [0.1, 0.15) is 58.0 Å². The van der Waals surface area contributed by atoms with E-state index in [0.717, 1.165) is 36.1 Å². The SMILES string of the molecule is CCCN1CCCCOc2ccc(cc2)CC(C(O)C2NCCN(Cc3ccccc3)C2=O)NC(=O)c2cccc(c2)C1=O. The molecule has 1 fully saturated rings. The van der Waals surface area contributed by atoms with E-state index in [9.17, 15) is 19.5 Å². The van der Waals surface area contributed by atoms with E-state index in [1.54, 1.807) is 29.2 Å². The number of hydrogen-bond donors (Lipinski definition) is 3. The van der Waals surface area contributed by atoms with Gasteiger partial charge < -0.3 is 30.3 Å². The summed E-state index contributed by atoms with van der Waals surface area (Å²) in [6, 6.07) is 22.4. The Labute approximate surface area is 259 Å². The third-order valence-electron chi connectivity index (χ3n) is 8.23. The molecule has 0 aliphatic carbocycles. The second kappa shape index (κ2) is 15.0. The van der Waals surface area contributed by atoms with E-state index in [-0.39, 0.29) is 11.8 Å². The number of carbonyl (C=O) groups excluding carboxylic acids is 3. The fourth-order valence-corrected chi connectivity index (χ4v) is 5.85. The van der Waals surface area contributed by atoms with Crippen molar-refractivity contribution in [1.82, 2.24) is 20.4 Å². The normalized spacial score (nSPS) is 20.8. The molecule has 4 bridgehead atoms. The standard InChI is InChI=1S/C35H42N4O5/c1-2-18-38-19-6-7-21-44-29-15-13-25(14-16-29)22-30(37-33(41)27-11-8-12-28(23-27)34(38)42)32(40)31-35(43)39(20-17-36-31)24-26-9-4-3-5-10-26/h3-5,8-16,23,30-32,36,40H,2,6-7,17-22,24H2,1H3,(H,37,41). The summed E-state index contributed by atoms with van der Waals surface area (Å²) in [7, 11) is 0. The van der Waals surface area contributed by atoms with Crippen LogP contribution >= 0.6 is 0 Å². The van der Waals surface area contributed by atoms with Crippen LogP contribution in [-0.2, 0) is 17.8 Å². The van der Waals surface area contributed by atoms with Gasteiger partial charge in [0.05, 0.1) is 18.8 Å². The maximum absolute atomic E-state index is 13.6. The minimum absolute atomic E-state index is 0.120. The molecule has 0 spiro atoms. The molecule has 0 radical (unpaired) electrons. The fraction of sp³-hybridized carbons (Fsp3) is 0.400. The van der Waals surface area contributed by atoms with Crippen molar-refractivity contribution in [2.24, 2.45) is 0 Å². The van der Waals surface area contributed by atoms with Gasteiger partial charge in [-0.15, -0.1) is 0 Å². The number of aliphatic hydroxyl groups excluding tert-OH is 1. The molecule has 3 unspecified atom stereocenters. The first kappa shape index (κ1) is 31.2. The molecule has 0 saturated carbocycles. The van der Waals surface area contributed by atoms with Crippen LogP contribution in [0.25, 0.3) is 0 Å². The Morgan fingerprint density at radius 1 is 0.909 bits per heavy atom. The Balaban J connectivity index is 1.41. The van der Waals surface area contributed by atoms with Crippen molar-refractivity contribution in [2.75, 3.05) is 32.8 Å². The van der Waals surface area contributed by atoms with Gasteiger partial charge in [-0.05, 0) is 67.1 Å². The zero-order chi connectivity index (χ0) is 30.9. The highest BCUT2D eigenvalue weighted by Gasteiger charge is 2.38. The van der Waals surface area contributed by atoms with Gasteiger partial charge in [0.1, 0.15) is 11.8 Å². The van der Waals surface area contributed by atoms with Gasteiger partial charge in [-0.25, -0.2) is 0 Å². The van der Waals surface area contributed by atoms with Gasteiger partial charge in [-0.3, -0.25) is 14.4 Å². The van der Waals surface area contributed by atoms with Gasteiger partial charge in [0.2, 0.25) is 5.91 Å². The van der Waals surface area contributed by atoms with E-state index < -0.39 is 24.1 Å². The number of nitrogens with one attached hydrogen (secondary N) is 2. The summed E-state index contributed by atoms with van der Waals surface area (Å²) in [5.74, 6) is -0.0245. The van der Waals surface area contributed by atoms with E-state index in [1.165, 1.54) is 0 Å². The highest BCUT2D eigenvalue weighted by atomic mass is 16.5. The van der Waals surface area contributed by atoms with Crippen molar-refractivity contribution in [2.45, 2.75) is 57.3 Å². The lowest BCUT2D eigenvalue weighted by atomic mass is 9.93. The second-order valence-corrected chi connectivity index (χ2v) is 11.5. The lowest BCUT2D eigenvalue weighted by Crippen LogP contribution is -2.63. The molecular formula is C35H42N4O5. The van der Waals surface area contributed by atoms with Crippen molar-refractivity contribution in [3.05, 3.63) is 101 Å². The van der Waals surface area contributed by atoms with Crippen molar-refractivity contribution in [3.8, 4) is 5.75 Å². The van der Waals surface area contributed by atoms with Gasteiger partial charge >= 0.3 is 0 Å². The highest BCUT2D eigenvalue weighted by molar-refractivity contribution is 6.00. The van der Waals surface area contributed by atoms with E-state index in [4.69, 9.17) is 4.74 Å². The van der Waals surface area contributed by atoms with E-state index in [1.807, 2.05) is 66.4 Å². The third-order valence-corrected chi connectivity index (χ3v) is 8.23. The lowest BCUT2D eigenvalue weighted by Gasteiger charge is -2.38. The van der Waals surface area contributed by atoms with E-state index in [2.05, 4.69) is 10.6 Å². The molecular weight excluding hydrogens is 556 g/mol. The zero-order valence-electron chi connectivity index (χ0n) is 25.3. The van der Waals surface area contributed by atoms with E-state index in [0.29, 0.717) is 56.9 Å². The summed E-state index contributed by atoms with van der Waals surface area (Å²) in [6.45, 7) is 5.28. The number of aliphatic hydroxyl groups is 1. The first-order chi connectivity index (χ1) is 21.4. The van der Waals surface area contributed by atoms with Crippen LogP contribution in [0.5, 0.6) is 5.75 Å². The predicted octanol–water partition coefficient (Wildman–Crippen LogP) is 3.41. The summed E-state index contributed by atoms with van der Waals surface area (Å²) in [6.07, 6.45) is 1.51. The van der Waals surface area contributed by atoms with Crippen molar-refractivity contribution < 1.29 is 24.2 Å². The van der Waals surface area contributed by atoms with Gasteiger partial charge in [0.15, 0.2) is 0 Å². The molecule has 3 aromatic rings. The van der Waals surface area contributed by atoms with Gasteiger partial charge in [-0.1, -0.05) is 55.5 Å². The van der Waals surface area contributed by atoms with Crippen LogP contribution in [0.4, 0.5) is 0 Å². The number of hydrogen-bond acceptors (Lipinski definition) is 6. The molecule has 0 aromatic heterocycles. The Morgan fingerprint density at radius 2 is 1.68 bits per heavy atom. The molecule has 3 N–H and O–H groups in total. The van der Waals surface area contributed by atoms with Crippen LogP contribution in [-0.4, -0.2) is 83.6 Å². The first-order valence-corrected chi connectivity index (χ1v) is 15.6. The number of nitrogens with zero attached hydrogens (tertiary/aromatic N) is 2. The maximum Gasteiger partial charge on any atom is 0.253 e. The molecule has 9 nitrogen and oxygen atoms in total. The molecule has 3 aliphatic rings. The van der Waals surface area contributed by atoms with Crippen molar-refractivity contribution >= 4 is 17.7 Å². The van der Waals surface area contributed by atoms with Crippen LogP contribution in [0.3, 0.4) is 0 Å². The van der Waals surface area contributed by atoms with Gasteiger partial charge in [-0.2, -0.15) is 0 Å². The summed E-state index contributed by atoms with van der Waals surface area (Å²) < 4.78 is 5.94. The van der Waals surface area contributed by atoms with Crippen molar-refractivity contribution in [1.29, 1.82) is 0 Å². The Kier molecular flexibility index (Phi) is 10.6. The van der Waals surface area contributed by atoms with Crippen LogP contribution in [0.15, 0.2) is 78.9 Å². The second-order valence-electron chi connectivity index (χ2n) is 11.5. The minimum Gasteiger partial charge on any atom is -0.494 e. The topological polar surface area (TPSA) is 111 Å². The number of fused-ring (bicyclic) bond motifs is 11. The van der Waals surface area contributed by atoms with Crippen LogP contribution in [0.2, 0.25) is 0 Å². The zero-order valence-corrected chi connectivity index (χ0v) is 25.3. The molecule has 3 amide bonds. The summed E-state index contributed by atoms with van der Waals surface area (Å²) in [4.78, 5) is 44.2. The Morgan fingerprint density at radius 3 is 2.45 bits per heavy atom. The molecule has 3 aromatic carbocycles. The number of piperazine rings is 1.